The number of carbonyl (C=O) groups is 4. The van der Waals surface area contributed by atoms with Gasteiger partial charge in [-0.25, -0.2) is 29.1 Å². The minimum absolute atomic E-state index is 0.311. The Kier molecular flexibility index (Phi) is 12.7. The summed E-state index contributed by atoms with van der Waals surface area (Å²) < 4.78 is 19.4. The Hall–Kier alpha value is -7.48. The highest BCUT2D eigenvalue weighted by atomic mass is 16.5. The molecule has 0 aromatic carbocycles. The van der Waals surface area contributed by atoms with Crippen LogP contribution in [0.4, 0.5) is 0 Å². The fourth-order valence-corrected chi connectivity index (χ4v) is 4.77. The molecular weight excluding hydrogens is 692 g/mol. The summed E-state index contributed by atoms with van der Waals surface area (Å²) in [6.45, 7) is 0. The highest BCUT2D eigenvalue weighted by molar-refractivity contribution is 5.92. The van der Waals surface area contributed by atoms with E-state index in [4.69, 9.17) is 28.9 Å². The Balaban J connectivity index is 1.66. The van der Waals surface area contributed by atoms with E-state index < -0.39 is 23.9 Å². The lowest BCUT2D eigenvalue weighted by molar-refractivity contribution is 0.0591. The molecule has 0 saturated carbocycles. The average molecular weight is 725 g/mol. The van der Waals surface area contributed by atoms with Gasteiger partial charge in [0.1, 0.15) is 0 Å². The van der Waals surface area contributed by atoms with Gasteiger partial charge in [-0.3, -0.25) is 19.9 Å². The monoisotopic (exact) mass is 724 g/mol. The smallest absolute Gasteiger partial charge is 0.337 e. The van der Waals surface area contributed by atoms with E-state index in [0.29, 0.717) is 67.8 Å². The maximum atomic E-state index is 12.2. The summed E-state index contributed by atoms with van der Waals surface area (Å²) in [5, 5.41) is 0. The van der Waals surface area contributed by atoms with E-state index in [0.717, 1.165) is 0 Å². The van der Waals surface area contributed by atoms with Crippen LogP contribution in [-0.4, -0.2) is 82.2 Å². The highest BCUT2D eigenvalue weighted by Crippen LogP contribution is 2.21. The van der Waals surface area contributed by atoms with Crippen LogP contribution < -0.4 is 0 Å². The van der Waals surface area contributed by atoms with Gasteiger partial charge in [-0.15, -0.1) is 0 Å². The predicted molar refractivity (Wildman–Crippen MR) is 200 cm³/mol. The second kappa shape index (κ2) is 18.1. The molecule has 0 saturated heterocycles. The Labute approximate surface area is 309 Å². The Morgan fingerprint density at radius 2 is 0.611 bits per heavy atom. The van der Waals surface area contributed by atoms with Crippen molar-refractivity contribution in [2.75, 3.05) is 28.4 Å². The van der Waals surface area contributed by atoms with Crippen LogP contribution in [0.15, 0.2) is 73.3 Å². The molecule has 0 fully saturated rings. The first kappa shape index (κ1) is 37.8. The zero-order valence-corrected chi connectivity index (χ0v) is 29.5. The van der Waals surface area contributed by atoms with Gasteiger partial charge >= 0.3 is 23.9 Å². The predicted octanol–water partition coefficient (Wildman–Crippen LogP) is 5.88. The molecule has 14 nitrogen and oxygen atoms in total. The van der Waals surface area contributed by atoms with Gasteiger partial charge in [0.2, 0.25) is 0 Å². The molecule has 0 bridgehead atoms. The molecule has 14 heteroatoms. The van der Waals surface area contributed by atoms with Crippen LogP contribution in [0, 0.1) is 0 Å². The first-order chi connectivity index (χ1) is 26.2. The topological polar surface area (TPSA) is 183 Å². The lowest BCUT2D eigenvalue weighted by atomic mass is 10.1. The number of rotatable bonds is 12. The third kappa shape index (κ3) is 9.85. The van der Waals surface area contributed by atoms with Crippen LogP contribution in [0.2, 0.25) is 0 Å². The largest absolute Gasteiger partial charge is 0.465 e. The van der Waals surface area contributed by atoms with E-state index >= 15 is 0 Å². The number of pyridine rings is 4. The minimum Gasteiger partial charge on any atom is -0.465 e. The molecule has 54 heavy (non-hydrogen) atoms. The fourth-order valence-electron chi connectivity index (χ4n) is 4.77. The van der Waals surface area contributed by atoms with E-state index in [1.807, 2.05) is 0 Å². The van der Waals surface area contributed by atoms with Crippen LogP contribution in [0.1, 0.15) is 87.0 Å². The number of esters is 4. The molecule has 0 unspecified atom stereocenters. The van der Waals surface area contributed by atoms with Crippen LogP contribution in [0.25, 0.3) is 48.6 Å². The molecule has 5 rings (SSSR count). The summed E-state index contributed by atoms with van der Waals surface area (Å²) in [6, 6.07) is 12.4. The van der Waals surface area contributed by atoms with Crippen LogP contribution in [-0.2, 0) is 18.9 Å². The molecule has 0 radical (unpaired) electrons. The maximum Gasteiger partial charge on any atom is 0.337 e. The summed E-state index contributed by atoms with van der Waals surface area (Å²) in [7, 11) is 5.17. The van der Waals surface area contributed by atoms with Gasteiger partial charge in [-0.1, -0.05) is 0 Å². The van der Waals surface area contributed by atoms with Crippen molar-refractivity contribution < 1.29 is 38.1 Å². The van der Waals surface area contributed by atoms with Gasteiger partial charge in [0.15, 0.2) is 0 Å². The van der Waals surface area contributed by atoms with Crippen LogP contribution >= 0.6 is 0 Å². The van der Waals surface area contributed by atoms with Crippen molar-refractivity contribution in [1.29, 1.82) is 0 Å². The van der Waals surface area contributed by atoms with Gasteiger partial charge in [0.25, 0.3) is 0 Å². The SMILES string of the molecule is COC(=O)c1ccnc(/C=C/c2nc(/C=C/c3cc(C(=O)OC)ccn3)c(/C=C/c3cc(C(=O)OC)ccn3)nc2/C=C/c2cc(C(=O)OC)ccn2)c1. The number of aromatic nitrogens is 6. The summed E-state index contributed by atoms with van der Waals surface area (Å²) in [5.41, 5.74) is 4.59. The Morgan fingerprint density at radius 1 is 0.389 bits per heavy atom. The first-order valence-corrected chi connectivity index (χ1v) is 16.0. The van der Waals surface area contributed by atoms with Crippen molar-refractivity contribution >= 4 is 72.5 Å². The third-order valence-corrected chi connectivity index (χ3v) is 7.46. The minimum atomic E-state index is -0.516. The molecule has 0 atom stereocenters. The summed E-state index contributed by atoms with van der Waals surface area (Å²) in [6.07, 6.45) is 19.3. The molecule has 0 spiro atoms. The van der Waals surface area contributed by atoms with Gasteiger partial charge in [0, 0.05) is 24.8 Å². The van der Waals surface area contributed by atoms with E-state index in [1.54, 1.807) is 72.9 Å². The number of hydrogen-bond donors (Lipinski definition) is 0. The number of ether oxygens (including phenoxy) is 4. The highest BCUT2D eigenvalue weighted by Gasteiger charge is 2.12. The van der Waals surface area contributed by atoms with Crippen molar-refractivity contribution in [3.8, 4) is 0 Å². The van der Waals surface area contributed by atoms with Crippen molar-refractivity contribution in [2.45, 2.75) is 0 Å². The quantitative estimate of drug-likeness (QED) is 0.110. The lowest BCUT2D eigenvalue weighted by Gasteiger charge is -2.08. The van der Waals surface area contributed by atoms with Crippen molar-refractivity contribution in [2.24, 2.45) is 0 Å². The summed E-state index contributed by atoms with van der Waals surface area (Å²) in [5.74, 6) is -2.07. The van der Waals surface area contributed by atoms with Gasteiger partial charge in [-0.05, 0) is 97.1 Å². The molecule has 0 aliphatic heterocycles. The number of methoxy groups -OCH3 is 4. The number of carbonyl (C=O) groups excluding carboxylic acids is 4. The van der Waals surface area contributed by atoms with E-state index in [9.17, 15) is 19.2 Å². The fraction of sp³-hybridized carbons (Fsp3) is 0.100. The average Bonchev–Trinajstić information content (AvgIpc) is 3.22. The van der Waals surface area contributed by atoms with Crippen molar-refractivity contribution in [1.82, 2.24) is 29.9 Å². The molecule has 5 aromatic rings. The van der Waals surface area contributed by atoms with Crippen molar-refractivity contribution in [3.05, 3.63) is 141 Å². The van der Waals surface area contributed by atoms with Gasteiger partial charge < -0.3 is 18.9 Å². The zero-order chi connectivity index (χ0) is 38.5. The molecule has 0 N–H and O–H groups in total. The molecule has 5 aromatic heterocycles. The normalized spacial score (nSPS) is 11.3. The molecule has 0 amide bonds. The summed E-state index contributed by atoms with van der Waals surface area (Å²) in [4.78, 5) is 75.9. The second-order valence-electron chi connectivity index (χ2n) is 10.9. The standard InChI is InChI=1S/C40H32N6O8/c1-51-37(47)25-13-17-41-29(21-25)5-9-33-34(10-6-30-22-26(14-18-42-30)38(48)52-2)46-36(12-8-32-24-28(16-20-44-32)40(50)54-4)35(45-33)11-7-31-23-27(15-19-43-31)39(49)53-3/h5-24H,1-4H3/b9-5+,10-6+,11-7+,12-8+. The molecule has 0 aliphatic carbocycles. The van der Waals surface area contributed by atoms with Crippen molar-refractivity contribution in [3.63, 3.8) is 0 Å². The molecule has 270 valence electrons. The third-order valence-electron chi connectivity index (χ3n) is 7.46. The van der Waals surface area contributed by atoms with Crippen LogP contribution in [0.5, 0.6) is 0 Å². The second-order valence-corrected chi connectivity index (χ2v) is 10.9. The van der Waals surface area contributed by atoms with E-state index in [2.05, 4.69) is 19.9 Å². The number of nitrogens with zero attached hydrogens (tertiary/aromatic N) is 6. The maximum absolute atomic E-state index is 12.2. The van der Waals surface area contributed by atoms with Gasteiger partial charge in [0.05, 0.1) is 96.2 Å². The lowest BCUT2D eigenvalue weighted by Crippen LogP contribution is -2.03. The first-order valence-electron chi connectivity index (χ1n) is 16.0. The number of hydrogen-bond acceptors (Lipinski definition) is 14. The molecular formula is C40H32N6O8. The van der Waals surface area contributed by atoms with Crippen LogP contribution in [0.3, 0.4) is 0 Å². The van der Waals surface area contributed by atoms with E-state index in [1.165, 1.54) is 77.5 Å². The molecule has 0 aliphatic rings. The van der Waals surface area contributed by atoms with Gasteiger partial charge in [-0.2, -0.15) is 0 Å². The molecule has 5 heterocycles. The Bertz CT molecular complexity index is 2010. The van der Waals surface area contributed by atoms with E-state index in [-0.39, 0.29) is 0 Å². The zero-order valence-electron chi connectivity index (χ0n) is 29.5. The summed E-state index contributed by atoms with van der Waals surface area (Å²) >= 11 is 0. The Morgan fingerprint density at radius 3 is 0.815 bits per heavy atom.